The van der Waals surface area contributed by atoms with Gasteiger partial charge in [-0.05, 0) is 31.6 Å². The highest BCUT2D eigenvalue weighted by Crippen LogP contribution is 2.16. The second kappa shape index (κ2) is 8.49. The lowest BCUT2D eigenvalue weighted by Crippen LogP contribution is -2.48. The molecule has 0 aromatic heterocycles. The number of ether oxygens (including phenoxy) is 1. The van der Waals surface area contributed by atoms with Crippen molar-refractivity contribution in [2.24, 2.45) is 5.92 Å². The van der Waals surface area contributed by atoms with Crippen LogP contribution in [0.5, 0.6) is 0 Å². The van der Waals surface area contributed by atoms with Gasteiger partial charge in [0.25, 0.3) is 0 Å². The van der Waals surface area contributed by atoms with Crippen molar-refractivity contribution < 1.29 is 24.2 Å². The smallest absolute Gasteiger partial charge is 0.326 e. The molecule has 1 fully saturated rings. The fraction of sp³-hybridized carbons (Fsp3) is 0.786. The monoisotopic (exact) mass is 300 g/mol. The molecule has 2 atom stereocenters. The van der Waals surface area contributed by atoms with Crippen LogP contribution in [-0.4, -0.2) is 54.2 Å². The minimum atomic E-state index is -1.14. The molecule has 1 heterocycles. The fourth-order valence-corrected chi connectivity index (χ4v) is 2.33. The number of nitrogens with one attached hydrogen (secondary N) is 1. The maximum Gasteiger partial charge on any atom is 0.326 e. The van der Waals surface area contributed by atoms with E-state index in [-0.39, 0.29) is 18.9 Å². The Morgan fingerprint density at radius 1 is 1.33 bits per heavy atom. The summed E-state index contributed by atoms with van der Waals surface area (Å²) in [6, 6.07) is -1.45. The van der Waals surface area contributed by atoms with Crippen molar-refractivity contribution in [2.75, 3.05) is 20.2 Å². The molecule has 1 rings (SSSR count). The number of aliphatic carboxylic acids is 1. The second-order valence-corrected chi connectivity index (χ2v) is 5.48. The van der Waals surface area contributed by atoms with Crippen LogP contribution in [0.4, 0.5) is 4.79 Å². The Balaban J connectivity index is 2.51. The third kappa shape index (κ3) is 6.01. The Bertz CT molecular complexity index is 386. The summed E-state index contributed by atoms with van der Waals surface area (Å²) < 4.78 is 4.47. The van der Waals surface area contributed by atoms with Crippen LogP contribution < -0.4 is 5.32 Å². The molecule has 0 aromatic rings. The van der Waals surface area contributed by atoms with Gasteiger partial charge in [-0.1, -0.05) is 6.92 Å². The molecule has 120 valence electrons. The van der Waals surface area contributed by atoms with Crippen molar-refractivity contribution in [3.8, 4) is 0 Å². The van der Waals surface area contributed by atoms with Gasteiger partial charge in [-0.2, -0.15) is 0 Å². The molecule has 1 aliphatic heterocycles. The van der Waals surface area contributed by atoms with Crippen molar-refractivity contribution in [3.05, 3.63) is 0 Å². The molecule has 1 aliphatic rings. The Hall–Kier alpha value is -1.79. The van der Waals surface area contributed by atoms with Gasteiger partial charge in [0.2, 0.25) is 0 Å². The molecule has 2 N–H and O–H groups in total. The fourth-order valence-electron chi connectivity index (χ4n) is 2.33. The van der Waals surface area contributed by atoms with Crippen LogP contribution in [0.3, 0.4) is 0 Å². The van der Waals surface area contributed by atoms with Crippen molar-refractivity contribution >= 4 is 18.0 Å². The average molecular weight is 300 g/mol. The molecule has 1 unspecified atom stereocenters. The Morgan fingerprint density at radius 3 is 2.67 bits per heavy atom. The van der Waals surface area contributed by atoms with E-state index in [1.54, 1.807) is 4.90 Å². The normalized spacial score (nSPS) is 20.3. The van der Waals surface area contributed by atoms with Gasteiger partial charge < -0.3 is 20.1 Å². The lowest BCUT2D eigenvalue weighted by molar-refractivity contribution is -0.142. The van der Waals surface area contributed by atoms with Crippen molar-refractivity contribution in [2.45, 2.75) is 45.1 Å². The Morgan fingerprint density at radius 2 is 2.05 bits per heavy atom. The number of likely N-dealkylation sites (tertiary alicyclic amines) is 1. The molecule has 0 saturated carbocycles. The number of rotatable bonds is 5. The summed E-state index contributed by atoms with van der Waals surface area (Å²) in [7, 11) is 1.25. The maximum atomic E-state index is 12.1. The van der Waals surface area contributed by atoms with Crippen molar-refractivity contribution in [1.29, 1.82) is 0 Å². The molecule has 0 aliphatic carbocycles. The van der Waals surface area contributed by atoms with Crippen molar-refractivity contribution in [3.63, 3.8) is 0 Å². The predicted octanol–water partition coefficient (Wildman–Crippen LogP) is 1.22. The van der Waals surface area contributed by atoms with E-state index in [2.05, 4.69) is 17.0 Å². The van der Waals surface area contributed by atoms with Crippen LogP contribution >= 0.6 is 0 Å². The van der Waals surface area contributed by atoms with E-state index >= 15 is 0 Å². The maximum absolute atomic E-state index is 12.1. The van der Waals surface area contributed by atoms with Crippen molar-refractivity contribution in [1.82, 2.24) is 10.2 Å². The zero-order valence-electron chi connectivity index (χ0n) is 12.6. The number of methoxy groups -OCH3 is 1. The summed E-state index contributed by atoms with van der Waals surface area (Å²) in [5.74, 6) is -1.05. The van der Waals surface area contributed by atoms with Crippen LogP contribution in [0.25, 0.3) is 0 Å². The summed E-state index contributed by atoms with van der Waals surface area (Å²) >= 11 is 0. The van der Waals surface area contributed by atoms with E-state index in [4.69, 9.17) is 5.11 Å². The molecule has 21 heavy (non-hydrogen) atoms. The highest BCUT2D eigenvalue weighted by atomic mass is 16.5. The number of nitrogens with zero attached hydrogens (tertiary/aromatic N) is 1. The molecular formula is C14H24N2O5. The zero-order valence-corrected chi connectivity index (χ0v) is 12.6. The van der Waals surface area contributed by atoms with Gasteiger partial charge in [-0.3, -0.25) is 4.79 Å². The molecule has 0 aromatic carbocycles. The van der Waals surface area contributed by atoms with Crippen LogP contribution in [0, 0.1) is 5.92 Å². The van der Waals surface area contributed by atoms with Gasteiger partial charge in [0.1, 0.15) is 6.04 Å². The highest BCUT2D eigenvalue weighted by molar-refractivity contribution is 5.83. The zero-order chi connectivity index (χ0) is 15.8. The van der Waals surface area contributed by atoms with E-state index in [1.807, 2.05) is 0 Å². The van der Waals surface area contributed by atoms with Gasteiger partial charge in [-0.15, -0.1) is 0 Å². The summed E-state index contributed by atoms with van der Waals surface area (Å²) in [4.78, 5) is 36.0. The summed E-state index contributed by atoms with van der Waals surface area (Å²) in [5, 5.41) is 11.6. The first-order valence-electron chi connectivity index (χ1n) is 7.29. The number of hydrogen-bond acceptors (Lipinski definition) is 4. The van der Waals surface area contributed by atoms with E-state index in [0.29, 0.717) is 19.0 Å². The highest BCUT2D eigenvalue weighted by Gasteiger charge is 2.25. The van der Waals surface area contributed by atoms with Gasteiger partial charge >= 0.3 is 18.0 Å². The van der Waals surface area contributed by atoms with Crippen LogP contribution in [0.1, 0.15) is 39.0 Å². The second-order valence-electron chi connectivity index (χ2n) is 5.48. The van der Waals surface area contributed by atoms with Gasteiger partial charge in [0.05, 0.1) is 7.11 Å². The number of esters is 1. The SMILES string of the molecule is COC(=O)CC[C@@H](NC(=O)N1CCCC(C)CC1)C(=O)O. The Kier molecular flexibility index (Phi) is 6.98. The molecule has 2 amide bonds. The number of carboxylic acid groups (broad SMARTS) is 1. The van der Waals surface area contributed by atoms with Crippen LogP contribution in [-0.2, 0) is 14.3 Å². The van der Waals surface area contributed by atoms with E-state index in [1.165, 1.54) is 7.11 Å². The number of hydrogen-bond donors (Lipinski definition) is 2. The number of urea groups is 1. The standard InChI is InChI=1S/C14H24N2O5/c1-10-4-3-8-16(9-7-10)14(20)15-11(13(18)19)5-6-12(17)21-2/h10-11H,3-9H2,1-2H3,(H,15,20)(H,18,19)/t10?,11-/m1/s1. The number of carbonyl (C=O) groups excluding carboxylic acids is 2. The molecular weight excluding hydrogens is 276 g/mol. The lowest BCUT2D eigenvalue weighted by Gasteiger charge is -2.23. The van der Waals surface area contributed by atoms with Gasteiger partial charge in [-0.25, -0.2) is 9.59 Å². The molecule has 1 saturated heterocycles. The first-order chi connectivity index (χ1) is 9.93. The third-order valence-corrected chi connectivity index (χ3v) is 3.76. The minimum Gasteiger partial charge on any atom is -0.480 e. The largest absolute Gasteiger partial charge is 0.480 e. The predicted molar refractivity (Wildman–Crippen MR) is 75.8 cm³/mol. The minimum absolute atomic E-state index is 0.0258. The van der Waals surface area contributed by atoms with Gasteiger partial charge in [0.15, 0.2) is 0 Å². The number of carboxylic acids is 1. The molecule has 0 bridgehead atoms. The first kappa shape index (κ1) is 17.3. The van der Waals surface area contributed by atoms with Crippen LogP contribution in [0.15, 0.2) is 0 Å². The quantitative estimate of drug-likeness (QED) is 0.744. The molecule has 7 heteroatoms. The third-order valence-electron chi connectivity index (χ3n) is 3.76. The summed E-state index contributed by atoms with van der Waals surface area (Å²) in [6.07, 6.45) is 2.92. The topological polar surface area (TPSA) is 95.9 Å². The van der Waals surface area contributed by atoms with E-state index < -0.39 is 18.0 Å². The average Bonchev–Trinajstić information content (AvgIpc) is 2.67. The summed E-state index contributed by atoms with van der Waals surface area (Å²) in [5.41, 5.74) is 0. The van der Waals surface area contributed by atoms with Gasteiger partial charge in [0, 0.05) is 19.5 Å². The van der Waals surface area contributed by atoms with E-state index in [9.17, 15) is 14.4 Å². The summed E-state index contributed by atoms with van der Waals surface area (Å²) in [6.45, 7) is 3.42. The van der Waals surface area contributed by atoms with E-state index in [0.717, 1.165) is 19.3 Å². The molecule has 0 radical (unpaired) electrons. The number of carbonyl (C=O) groups is 3. The Labute approximate surface area is 124 Å². The molecule has 7 nitrogen and oxygen atoms in total. The lowest BCUT2D eigenvalue weighted by atomic mass is 10.0. The number of amides is 2. The van der Waals surface area contributed by atoms with Crippen LogP contribution in [0.2, 0.25) is 0 Å². The molecule has 0 spiro atoms. The first-order valence-corrected chi connectivity index (χ1v) is 7.29.